The van der Waals surface area contributed by atoms with Crippen LogP contribution in [-0.2, 0) is 12.8 Å². The molecule has 0 N–H and O–H groups in total. The molecule has 170 valence electrons. The van der Waals surface area contributed by atoms with E-state index in [0.717, 1.165) is 76.4 Å². The smallest absolute Gasteiger partial charge is 0.178 e. The zero-order chi connectivity index (χ0) is 23.5. The first kappa shape index (κ1) is 21.2. The van der Waals surface area contributed by atoms with E-state index in [2.05, 4.69) is 39.2 Å². The van der Waals surface area contributed by atoms with E-state index in [1.54, 1.807) is 0 Å². The second-order valence-electron chi connectivity index (χ2n) is 8.65. The van der Waals surface area contributed by atoms with E-state index in [0.29, 0.717) is 11.6 Å². The van der Waals surface area contributed by atoms with Gasteiger partial charge in [-0.3, -0.25) is 0 Å². The first-order chi connectivity index (χ1) is 17.3. The lowest BCUT2D eigenvalue weighted by Gasteiger charge is -2.06. The Morgan fingerprint density at radius 1 is 0.600 bits per heavy atom. The van der Waals surface area contributed by atoms with Gasteiger partial charge in [0.05, 0.1) is 10.9 Å². The maximum absolute atomic E-state index is 4.83. The molecule has 5 aromatic rings. The fourth-order valence-corrected chi connectivity index (χ4v) is 4.34. The molecular formula is C29H24N6. The molecule has 0 radical (unpaired) electrons. The molecule has 0 bridgehead atoms. The number of aryl methyl sites for hydroxylation is 2. The van der Waals surface area contributed by atoms with Crippen molar-refractivity contribution in [2.24, 2.45) is 0 Å². The monoisotopic (exact) mass is 456 g/mol. The minimum Gasteiger partial charge on any atom is -0.249 e. The molecule has 6 heteroatoms. The zero-order valence-corrected chi connectivity index (χ0v) is 19.3. The maximum atomic E-state index is 4.83. The minimum absolute atomic E-state index is 0.653. The van der Waals surface area contributed by atoms with Crippen molar-refractivity contribution in [1.82, 2.24) is 29.9 Å². The van der Waals surface area contributed by atoms with Gasteiger partial charge in [-0.25, -0.2) is 29.9 Å². The number of benzene rings is 1. The van der Waals surface area contributed by atoms with Crippen molar-refractivity contribution in [3.05, 3.63) is 95.0 Å². The Morgan fingerprint density at radius 2 is 1.29 bits per heavy atom. The normalized spacial score (nSPS) is 12.6. The molecule has 0 fully saturated rings. The minimum atomic E-state index is 0.653. The summed E-state index contributed by atoms with van der Waals surface area (Å²) >= 11 is 0. The molecule has 0 spiro atoms. The lowest BCUT2D eigenvalue weighted by atomic mass is 10.1. The highest BCUT2D eigenvalue weighted by Gasteiger charge is 2.08. The number of para-hydroxylation sites is 1. The molecule has 0 saturated carbocycles. The average Bonchev–Trinajstić information content (AvgIpc) is 2.93. The molecular weight excluding hydrogens is 432 g/mol. The highest BCUT2D eigenvalue weighted by atomic mass is 14.9. The molecule has 4 aromatic heterocycles. The highest BCUT2D eigenvalue weighted by molar-refractivity contribution is 5.79. The summed E-state index contributed by atoms with van der Waals surface area (Å²) in [6.07, 6.45) is 12.9. The van der Waals surface area contributed by atoms with E-state index in [1.165, 1.54) is 0 Å². The quantitative estimate of drug-likeness (QED) is 0.383. The first-order valence-corrected chi connectivity index (χ1v) is 12.0. The number of pyridine rings is 2. The van der Waals surface area contributed by atoms with Gasteiger partial charge in [0.1, 0.15) is 11.4 Å². The Kier molecular flexibility index (Phi) is 5.77. The third kappa shape index (κ3) is 4.68. The molecule has 0 saturated heterocycles. The van der Waals surface area contributed by atoms with Gasteiger partial charge in [0.15, 0.2) is 11.6 Å². The van der Waals surface area contributed by atoms with Crippen molar-refractivity contribution in [3.8, 4) is 23.0 Å². The Bertz CT molecular complexity index is 1640. The third-order valence-electron chi connectivity index (χ3n) is 6.14. The average molecular weight is 457 g/mol. The number of nitrogens with zero attached hydrogens (tertiary/aromatic N) is 6. The van der Waals surface area contributed by atoms with Gasteiger partial charge in [0.25, 0.3) is 0 Å². The van der Waals surface area contributed by atoms with Gasteiger partial charge in [-0.1, -0.05) is 42.5 Å². The third-order valence-corrected chi connectivity index (χ3v) is 6.14. The van der Waals surface area contributed by atoms with E-state index in [4.69, 9.17) is 15.0 Å². The van der Waals surface area contributed by atoms with Crippen LogP contribution in [-0.4, -0.2) is 29.9 Å². The van der Waals surface area contributed by atoms with Gasteiger partial charge in [-0.2, -0.15) is 0 Å². The molecule has 6 rings (SSSR count). The first-order valence-electron chi connectivity index (χ1n) is 12.0. The topological polar surface area (TPSA) is 77.3 Å². The van der Waals surface area contributed by atoms with Crippen LogP contribution in [0.2, 0.25) is 0 Å². The summed E-state index contributed by atoms with van der Waals surface area (Å²) in [7, 11) is 0. The van der Waals surface area contributed by atoms with Crippen LogP contribution in [0.3, 0.4) is 0 Å². The fraction of sp³-hybridized carbons (Fsp3) is 0.172. The van der Waals surface area contributed by atoms with Gasteiger partial charge >= 0.3 is 0 Å². The Labute approximate surface area is 203 Å². The summed E-state index contributed by atoms with van der Waals surface area (Å²) < 4.78 is 0. The van der Waals surface area contributed by atoms with Crippen molar-refractivity contribution >= 4 is 23.1 Å². The van der Waals surface area contributed by atoms with Crippen LogP contribution in [0.5, 0.6) is 0 Å². The van der Waals surface area contributed by atoms with Gasteiger partial charge in [0, 0.05) is 34.4 Å². The van der Waals surface area contributed by atoms with Gasteiger partial charge in [-0.05, 0) is 62.4 Å². The lowest BCUT2D eigenvalue weighted by molar-refractivity contribution is 0.781. The van der Waals surface area contributed by atoms with Crippen molar-refractivity contribution in [2.75, 3.05) is 0 Å². The van der Waals surface area contributed by atoms with Crippen molar-refractivity contribution in [2.45, 2.75) is 32.1 Å². The summed E-state index contributed by atoms with van der Waals surface area (Å²) in [6.45, 7) is 0. The lowest BCUT2D eigenvalue weighted by Crippen LogP contribution is -2.31. The zero-order valence-electron chi connectivity index (χ0n) is 19.3. The van der Waals surface area contributed by atoms with Crippen LogP contribution in [0.15, 0.2) is 73.1 Å². The molecule has 1 aromatic carbocycles. The van der Waals surface area contributed by atoms with Crippen molar-refractivity contribution in [3.63, 3.8) is 0 Å². The van der Waals surface area contributed by atoms with E-state index < -0.39 is 0 Å². The summed E-state index contributed by atoms with van der Waals surface area (Å²) in [5.41, 5.74) is 4.60. The van der Waals surface area contributed by atoms with Gasteiger partial charge in [-0.15, -0.1) is 0 Å². The SMILES string of the molecule is C1=c2cnc(-c3cccc(CCCc4cccc(-c5ncc6ccccc6n5)n4)n3)nc2=CCC1. The second kappa shape index (κ2) is 9.50. The summed E-state index contributed by atoms with van der Waals surface area (Å²) in [5.74, 6) is 1.33. The van der Waals surface area contributed by atoms with Gasteiger partial charge in [0.2, 0.25) is 0 Å². The van der Waals surface area contributed by atoms with E-state index >= 15 is 0 Å². The van der Waals surface area contributed by atoms with E-state index in [1.807, 2.05) is 60.9 Å². The predicted molar refractivity (Wildman–Crippen MR) is 137 cm³/mol. The van der Waals surface area contributed by atoms with Crippen LogP contribution < -0.4 is 10.6 Å². The van der Waals surface area contributed by atoms with Crippen LogP contribution in [0.4, 0.5) is 0 Å². The van der Waals surface area contributed by atoms with Crippen LogP contribution >= 0.6 is 0 Å². The molecule has 0 atom stereocenters. The summed E-state index contributed by atoms with van der Waals surface area (Å²) in [5, 5.41) is 3.15. The van der Waals surface area contributed by atoms with Crippen LogP contribution in [0, 0.1) is 0 Å². The van der Waals surface area contributed by atoms with Crippen molar-refractivity contribution in [1.29, 1.82) is 0 Å². The number of hydrogen-bond acceptors (Lipinski definition) is 6. The standard InChI is InChI=1S/C29H24N6/c1-3-14-24-20(8-1)18-30-28(34-24)26-16-6-12-22(32-26)10-5-11-23-13-7-17-27(33-23)29-31-19-21-9-2-4-15-25(21)35-29/h1,3,6-9,12-19H,2,4-5,10-11H2. The summed E-state index contributed by atoms with van der Waals surface area (Å²) in [6, 6.07) is 20.1. The molecule has 1 aliphatic carbocycles. The van der Waals surface area contributed by atoms with Crippen LogP contribution in [0.1, 0.15) is 30.7 Å². The number of rotatable bonds is 6. The van der Waals surface area contributed by atoms with Crippen molar-refractivity contribution < 1.29 is 0 Å². The van der Waals surface area contributed by atoms with Crippen LogP contribution in [0.25, 0.3) is 46.1 Å². The predicted octanol–water partition coefficient (Wildman–Crippen LogP) is 4.07. The Hall–Kier alpha value is -4.32. The fourth-order valence-electron chi connectivity index (χ4n) is 4.34. The van der Waals surface area contributed by atoms with Gasteiger partial charge < -0.3 is 0 Å². The maximum Gasteiger partial charge on any atom is 0.178 e. The van der Waals surface area contributed by atoms with E-state index in [9.17, 15) is 0 Å². The van der Waals surface area contributed by atoms with E-state index in [-0.39, 0.29) is 0 Å². The second-order valence-corrected chi connectivity index (χ2v) is 8.65. The summed E-state index contributed by atoms with van der Waals surface area (Å²) in [4.78, 5) is 28.1. The number of aromatic nitrogens is 6. The molecule has 4 heterocycles. The number of hydrogen-bond donors (Lipinski definition) is 0. The molecule has 0 unspecified atom stereocenters. The number of fused-ring (bicyclic) bond motifs is 2. The Morgan fingerprint density at radius 3 is 2.09 bits per heavy atom. The molecule has 0 amide bonds. The molecule has 35 heavy (non-hydrogen) atoms. The highest BCUT2D eigenvalue weighted by Crippen LogP contribution is 2.18. The molecule has 0 aliphatic heterocycles. The Balaban J connectivity index is 1.15. The largest absolute Gasteiger partial charge is 0.249 e. The molecule has 1 aliphatic rings. The molecule has 6 nitrogen and oxygen atoms in total.